The molecule has 1 fully saturated rings. The van der Waals surface area contributed by atoms with Crippen molar-refractivity contribution < 1.29 is 5.11 Å². The Kier molecular flexibility index (Phi) is 6.65. The van der Waals surface area contributed by atoms with E-state index in [1.165, 1.54) is 43.2 Å². The largest absolute Gasteiger partial charge is 0.392 e. The molecule has 3 unspecified atom stereocenters. The normalized spacial score (nSPS) is 28.6. The summed E-state index contributed by atoms with van der Waals surface area (Å²) in [6, 6.07) is 10.6. The summed E-state index contributed by atoms with van der Waals surface area (Å²) in [5.74, 6) is 0.718. The number of rotatable bonds is 7. The van der Waals surface area contributed by atoms with Crippen molar-refractivity contribution in [3.8, 4) is 0 Å². The highest BCUT2D eigenvalue weighted by Gasteiger charge is 2.41. The van der Waals surface area contributed by atoms with Gasteiger partial charge in [0.05, 0.1) is 11.4 Å². The third-order valence-corrected chi connectivity index (χ3v) is 10.1. The van der Waals surface area contributed by atoms with Gasteiger partial charge >= 0.3 is 0 Å². The second kappa shape index (κ2) is 8.77. The molecule has 0 radical (unpaired) electrons. The lowest BCUT2D eigenvalue weighted by atomic mass is 9.84. The maximum atomic E-state index is 10.9. The summed E-state index contributed by atoms with van der Waals surface area (Å²) in [7, 11) is -1.35. The van der Waals surface area contributed by atoms with Gasteiger partial charge in [-0.1, -0.05) is 69.5 Å². The summed E-state index contributed by atoms with van der Waals surface area (Å²) in [5, 5.41) is 16.0. The molecule has 2 aliphatic rings. The molecule has 0 amide bonds. The Bertz CT molecular complexity index is 629. The predicted octanol–water partition coefficient (Wildman–Crippen LogP) is 6.16. The summed E-state index contributed by atoms with van der Waals surface area (Å²) in [4.78, 5) is 0. The van der Waals surface area contributed by atoms with Gasteiger partial charge in [0.15, 0.2) is 0 Å². The highest BCUT2D eigenvalue weighted by atomic mass is 32.3. The third-order valence-electron chi connectivity index (χ3n) is 6.01. The lowest BCUT2D eigenvalue weighted by Gasteiger charge is -2.49. The first-order valence-corrected chi connectivity index (χ1v) is 12.1. The van der Waals surface area contributed by atoms with E-state index in [-0.39, 0.29) is 11.4 Å². The van der Waals surface area contributed by atoms with Crippen molar-refractivity contribution in [1.29, 1.82) is 0 Å². The molecule has 0 bridgehead atoms. The lowest BCUT2D eigenvalue weighted by Crippen LogP contribution is -2.32. The van der Waals surface area contributed by atoms with Gasteiger partial charge in [-0.05, 0) is 47.6 Å². The fourth-order valence-electron chi connectivity index (χ4n) is 4.76. The Morgan fingerprint density at radius 2 is 1.73 bits per heavy atom. The molecule has 1 aliphatic carbocycles. The molecular weight excluding hydrogens is 338 g/mol. The Morgan fingerprint density at radius 3 is 2.31 bits per heavy atom. The van der Waals surface area contributed by atoms with Crippen LogP contribution in [0.25, 0.3) is 0 Å². The van der Waals surface area contributed by atoms with Gasteiger partial charge in [0.2, 0.25) is 0 Å². The standard InChI is InChI=1S/C23H35NOS/c1-4-24(5-2)26(23(19(3)25)21-14-10-7-11-15-21)17-16-22(18-26)20-12-8-6-9-13-20/h7,10-11,14-20,23,25H,4-6,8-9,12-13H2,1-3H3. The van der Waals surface area contributed by atoms with Gasteiger partial charge in [-0.3, -0.25) is 4.31 Å². The SMILES string of the molecule is CCN(CC)S1(C(c2ccccc2)C(C)O)C=CC(C2CCCCC2)=C1. The van der Waals surface area contributed by atoms with Crippen LogP contribution in [0.4, 0.5) is 0 Å². The molecule has 0 saturated heterocycles. The number of aliphatic hydroxyl groups excluding tert-OH is 1. The number of hydrogen-bond acceptors (Lipinski definition) is 2. The van der Waals surface area contributed by atoms with Crippen molar-refractivity contribution in [1.82, 2.24) is 4.31 Å². The zero-order chi connectivity index (χ0) is 18.6. The molecule has 3 rings (SSSR count). The molecule has 1 aliphatic heterocycles. The van der Waals surface area contributed by atoms with E-state index in [9.17, 15) is 5.11 Å². The molecule has 0 spiro atoms. The van der Waals surface area contributed by atoms with E-state index in [2.05, 4.69) is 65.4 Å². The van der Waals surface area contributed by atoms with Gasteiger partial charge in [0.1, 0.15) is 0 Å². The fourth-order valence-corrected chi connectivity index (χ4v) is 8.99. The number of nitrogens with zero attached hydrogens (tertiary/aromatic N) is 1. The highest BCUT2D eigenvalue weighted by Crippen LogP contribution is 2.69. The summed E-state index contributed by atoms with van der Waals surface area (Å²) < 4.78 is 2.60. The van der Waals surface area contributed by atoms with E-state index in [0.29, 0.717) is 0 Å². The minimum absolute atomic E-state index is 0.126. The van der Waals surface area contributed by atoms with E-state index in [1.54, 1.807) is 0 Å². The Hall–Kier alpha value is -1.03. The molecule has 0 aromatic heterocycles. The first-order valence-electron chi connectivity index (χ1n) is 10.3. The van der Waals surface area contributed by atoms with Crippen molar-refractivity contribution in [2.24, 2.45) is 5.92 Å². The number of allylic oxidation sites excluding steroid dienone is 2. The summed E-state index contributed by atoms with van der Waals surface area (Å²) in [6.07, 6.45) is 8.80. The molecular formula is C23H35NOS. The number of aliphatic hydroxyl groups is 1. The van der Waals surface area contributed by atoms with Crippen LogP contribution in [0.1, 0.15) is 63.7 Å². The van der Waals surface area contributed by atoms with E-state index in [4.69, 9.17) is 0 Å². The molecule has 3 heteroatoms. The quantitative estimate of drug-likeness (QED) is 0.618. The van der Waals surface area contributed by atoms with E-state index in [0.717, 1.165) is 19.0 Å². The van der Waals surface area contributed by atoms with Gasteiger partial charge in [-0.2, -0.15) is 0 Å². The lowest BCUT2D eigenvalue weighted by molar-refractivity contribution is 0.189. The molecule has 1 heterocycles. The van der Waals surface area contributed by atoms with Crippen LogP contribution in [0, 0.1) is 5.92 Å². The highest BCUT2D eigenvalue weighted by molar-refractivity contribution is 8.36. The van der Waals surface area contributed by atoms with E-state index in [1.807, 2.05) is 6.92 Å². The Balaban J connectivity index is 2.05. The van der Waals surface area contributed by atoms with Gasteiger partial charge < -0.3 is 5.11 Å². The van der Waals surface area contributed by atoms with E-state index >= 15 is 0 Å². The molecule has 1 N–H and O–H groups in total. The number of benzene rings is 1. The van der Waals surface area contributed by atoms with Crippen LogP contribution in [0.3, 0.4) is 0 Å². The van der Waals surface area contributed by atoms with Crippen LogP contribution in [0.5, 0.6) is 0 Å². The zero-order valence-electron chi connectivity index (χ0n) is 16.6. The zero-order valence-corrected chi connectivity index (χ0v) is 17.4. The second-order valence-corrected chi connectivity index (χ2v) is 10.6. The average molecular weight is 374 g/mol. The van der Waals surface area contributed by atoms with Gasteiger partial charge in [-0.25, -0.2) is 0 Å². The van der Waals surface area contributed by atoms with Crippen molar-refractivity contribution >= 4 is 10.2 Å². The van der Waals surface area contributed by atoms with Gasteiger partial charge in [0.25, 0.3) is 0 Å². The van der Waals surface area contributed by atoms with Crippen molar-refractivity contribution in [3.63, 3.8) is 0 Å². The van der Waals surface area contributed by atoms with E-state index < -0.39 is 10.2 Å². The van der Waals surface area contributed by atoms with Gasteiger partial charge in [0, 0.05) is 13.1 Å². The maximum Gasteiger partial charge on any atom is 0.0674 e. The second-order valence-electron chi connectivity index (χ2n) is 7.67. The van der Waals surface area contributed by atoms with Crippen molar-refractivity contribution in [2.45, 2.75) is 64.2 Å². The van der Waals surface area contributed by atoms with Crippen LogP contribution in [-0.2, 0) is 0 Å². The molecule has 2 nitrogen and oxygen atoms in total. The van der Waals surface area contributed by atoms with Crippen LogP contribution >= 0.6 is 10.2 Å². The van der Waals surface area contributed by atoms with Crippen LogP contribution in [0.15, 0.2) is 52.8 Å². The predicted molar refractivity (Wildman–Crippen MR) is 115 cm³/mol. The average Bonchev–Trinajstić information content (AvgIpc) is 3.10. The topological polar surface area (TPSA) is 23.5 Å². The Labute approximate surface area is 161 Å². The smallest absolute Gasteiger partial charge is 0.0674 e. The van der Waals surface area contributed by atoms with Gasteiger partial charge in [-0.15, -0.1) is 10.2 Å². The number of hydrogen-bond donors (Lipinski definition) is 1. The molecule has 1 aromatic rings. The van der Waals surface area contributed by atoms with Crippen LogP contribution < -0.4 is 0 Å². The van der Waals surface area contributed by atoms with Crippen molar-refractivity contribution in [2.75, 3.05) is 13.1 Å². The first-order chi connectivity index (χ1) is 12.6. The molecule has 1 saturated carbocycles. The molecule has 1 aromatic carbocycles. The van der Waals surface area contributed by atoms with Crippen molar-refractivity contribution in [3.05, 3.63) is 58.4 Å². The summed E-state index contributed by atoms with van der Waals surface area (Å²) in [6.45, 7) is 8.50. The monoisotopic (exact) mass is 373 g/mol. The minimum atomic E-state index is -1.35. The first kappa shape index (κ1) is 19.7. The molecule has 26 heavy (non-hydrogen) atoms. The minimum Gasteiger partial charge on any atom is -0.392 e. The van der Waals surface area contributed by atoms with Crippen LogP contribution in [-0.4, -0.2) is 28.6 Å². The maximum absolute atomic E-state index is 10.9. The summed E-state index contributed by atoms with van der Waals surface area (Å²) in [5.41, 5.74) is 2.79. The van der Waals surface area contributed by atoms with Crippen LogP contribution in [0.2, 0.25) is 0 Å². The Morgan fingerprint density at radius 1 is 1.08 bits per heavy atom. The third kappa shape index (κ3) is 3.81. The molecule has 3 atom stereocenters. The molecule has 144 valence electrons. The fraction of sp³-hybridized carbons (Fsp3) is 0.565. The summed E-state index contributed by atoms with van der Waals surface area (Å²) >= 11 is 0.